The van der Waals surface area contributed by atoms with Crippen LogP contribution in [0.15, 0.2) is 84.0 Å². The maximum absolute atomic E-state index is 14.9. The Hall–Kier alpha value is -4.66. The molecule has 36 heavy (non-hydrogen) atoms. The van der Waals surface area contributed by atoms with Crippen molar-refractivity contribution in [1.29, 1.82) is 0 Å². The molecule has 1 aliphatic heterocycles. The van der Waals surface area contributed by atoms with Gasteiger partial charge in [-0.1, -0.05) is 18.2 Å². The van der Waals surface area contributed by atoms with E-state index in [-0.39, 0.29) is 22.6 Å². The van der Waals surface area contributed by atoms with Crippen LogP contribution < -0.4 is 15.6 Å². The van der Waals surface area contributed by atoms with E-state index in [2.05, 4.69) is 10.3 Å². The summed E-state index contributed by atoms with van der Waals surface area (Å²) in [6, 6.07) is 16.9. The van der Waals surface area contributed by atoms with E-state index in [1.54, 1.807) is 39.7 Å². The minimum absolute atomic E-state index is 0.00298. The maximum Gasteiger partial charge on any atom is 0.284 e. The van der Waals surface area contributed by atoms with Gasteiger partial charge in [0.25, 0.3) is 11.5 Å². The third-order valence-corrected chi connectivity index (χ3v) is 6.30. The number of ether oxygens (including phenoxy) is 1. The van der Waals surface area contributed by atoms with E-state index >= 15 is 0 Å². The van der Waals surface area contributed by atoms with Crippen molar-refractivity contribution in [2.24, 2.45) is 0 Å². The average molecular weight is 484 g/mol. The van der Waals surface area contributed by atoms with Crippen LogP contribution in [-0.4, -0.2) is 24.7 Å². The summed E-state index contributed by atoms with van der Waals surface area (Å²) in [4.78, 5) is 30.9. The first-order chi connectivity index (χ1) is 17.6. The number of fused-ring (bicyclic) bond motifs is 2. The lowest BCUT2D eigenvalue weighted by Gasteiger charge is -2.19. The fourth-order valence-corrected chi connectivity index (χ4v) is 4.66. The van der Waals surface area contributed by atoms with Gasteiger partial charge in [0, 0.05) is 36.9 Å². The first kappa shape index (κ1) is 21.8. The second kappa shape index (κ2) is 8.84. The van der Waals surface area contributed by atoms with Crippen LogP contribution in [0.2, 0.25) is 0 Å². The second-order valence-corrected chi connectivity index (χ2v) is 8.59. The molecule has 0 unspecified atom stereocenters. The fourth-order valence-electron chi connectivity index (χ4n) is 4.66. The molecule has 8 nitrogen and oxygen atoms in total. The minimum atomic E-state index is -0.651. The van der Waals surface area contributed by atoms with E-state index in [1.807, 2.05) is 41.2 Å². The summed E-state index contributed by atoms with van der Waals surface area (Å²) >= 11 is 0. The zero-order valence-corrected chi connectivity index (χ0v) is 19.2. The highest BCUT2D eigenvalue weighted by Gasteiger charge is 2.27. The van der Waals surface area contributed by atoms with E-state index in [4.69, 9.17) is 4.74 Å². The van der Waals surface area contributed by atoms with Crippen molar-refractivity contribution in [3.8, 4) is 17.2 Å². The number of carbonyl (C=O) groups excluding carboxylic acids is 1. The Balaban J connectivity index is 1.29. The minimum Gasteiger partial charge on any atom is -0.450 e. The molecule has 3 aromatic heterocycles. The van der Waals surface area contributed by atoms with Gasteiger partial charge in [-0.2, -0.15) is 0 Å². The molecule has 2 aromatic carbocycles. The standard InChI is InChI=1S/C27H22FN5O3/c28-20-17-18(11-12-22(20)36-23-10-6-14-31-16-13-29-25(23)31)30-26(34)24-21-9-4-5-15-32(21)33(27(24)35)19-7-2-1-3-8-19/h1-3,6-8,10-14,16-17H,4-5,9,15H2,(H,30,34). The summed E-state index contributed by atoms with van der Waals surface area (Å²) < 4.78 is 25.9. The molecular weight excluding hydrogens is 461 g/mol. The van der Waals surface area contributed by atoms with Crippen LogP contribution in [0.4, 0.5) is 10.1 Å². The molecular formula is C27H22FN5O3. The number of amides is 1. The molecule has 0 saturated heterocycles. The SMILES string of the molecule is O=C(Nc1ccc(Oc2cccn3ccnc23)c(F)c1)c1c2n(n(-c3ccccc3)c1=O)CCCC2. The summed E-state index contributed by atoms with van der Waals surface area (Å²) in [6.07, 6.45) is 7.65. The predicted octanol–water partition coefficient (Wildman–Crippen LogP) is 4.81. The van der Waals surface area contributed by atoms with Gasteiger partial charge in [0.05, 0.1) is 11.4 Å². The Kier molecular flexibility index (Phi) is 5.37. The summed E-state index contributed by atoms with van der Waals surface area (Å²) in [5.41, 5.74) is 1.88. The van der Waals surface area contributed by atoms with Crippen LogP contribution in [0.25, 0.3) is 11.3 Å². The maximum atomic E-state index is 14.9. The molecule has 0 fully saturated rings. The highest BCUT2D eigenvalue weighted by atomic mass is 19.1. The van der Waals surface area contributed by atoms with E-state index in [9.17, 15) is 14.0 Å². The molecule has 5 aromatic rings. The number of nitrogens with zero attached hydrogens (tertiary/aromatic N) is 4. The number of para-hydroxylation sites is 1. The molecule has 0 bridgehead atoms. The van der Waals surface area contributed by atoms with Crippen LogP contribution in [0.5, 0.6) is 11.5 Å². The fraction of sp³-hybridized carbons (Fsp3) is 0.148. The van der Waals surface area contributed by atoms with Crippen molar-refractivity contribution in [2.75, 3.05) is 5.32 Å². The third-order valence-electron chi connectivity index (χ3n) is 6.30. The molecule has 1 amide bonds. The molecule has 0 saturated carbocycles. The van der Waals surface area contributed by atoms with Crippen molar-refractivity contribution >= 4 is 17.2 Å². The zero-order valence-electron chi connectivity index (χ0n) is 19.2. The summed E-state index contributed by atoms with van der Waals surface area (Å²) in [7, 11) is 0. The quantitative estimate of drug-likeness (QED) is 0.389. The average Bonchev–Trinajstić information content (AvgIpc) is 3.48. The smallest absolute Gasteiger partial charge is 0.284 e. The lowest BCUT2D eigenvalue weighted by molar-refractivity contribution is 0.102. The van der Waals surface area contributed by atoms with E-state index in [1.165, 1.54) is 12.1 Å². The van der Waals surface area contributed by atoms with Crippen molar-refractivity contribution in [2.45, 2.75) is 25.8 Å². The lowest BCUT2D eigenvalue weighted by Crippen LogP contribution is -2.25. The number of pyridine rings is 1. The van der Waals surface area contributed by atoms with Gasteiger partial charge in [-0.3, -0.25) is 14.3 Å². The monoisotopic (exact) mass is 483 g/mol. The Morgan fingerprint density at radius 3 is 2.69 bits per heavy atom. The zero-order chi connectivity index (χ0) is 24.6. The molecule has 180 valence electrons. The van der Waals surface area contributed by atoms with Gasteiger partial charge >= 0.3 is 0 Å². The number of imidazole rings is 1. The van der Waals surface area contributed by atoms with E-state index in [0.29, 0.717) is 35.7 Å². The molecule has 1 aliphatic rings. The first-order valence-electron chi connectivity index (χ1n) is 11.7. The number of anilines is 1. The van der Waals surface area contributed by atoms with Gasteiger partial charge in [-0.05, 0) is 55.7 Å². The van der Waals surface area contributed by atoms with Crippen molar-refractivity contribution in [3.05, 3.63) is 107 Å². The van der Waals surface area contributed by atoms with Crippen molar-refractivity contribution in [1.82, 2.24) is 18.7 Å². The van der Waals surface area contributed by atoms with Gasteiger partial charge in [0.1, 0.15) is 5.56 Å². The number of halogens is 1. The molecule has 9 heteroatoms. The topological polar surface area (TPSA) is 82.6 Å². The molecule has 0 spiro atoms. The van der Waals surface area contributed by atoms with Crippen LogP contribution in [0.1, 0.15) is 28.9 Å². The summed E-state index contributed by atoms with van der Waals surface area (Å²) in [5, 5.41) is 2.69. The van der Waals surface area contributed by atoms with E-state index < -0.39 is 11.7 Å². The molecule has 6 rings (SSSR count). The van der Waals surface area contributed by atoms with Crippen molar-refractivity contribution < 1.29 is 13.9 Å². The molecule has 0 aliphatic carbocycles. The molecule has 1 N–H and O–H groups in total. The van der Waals surface area contributed by atoms with Crippen molar-refractivity contribution in [3.63, 3.8) is 0 Å². The van der Waals surface area contributed by atoms with Crippen LogP contribution in [-0.2, 0) is 13.0 Å². The molecule has 0 radical (unpaired) electrons. The summed E-state index contributed by atoms with van der Waals surface area (Å²) in [5.74, 6) is -0.811. The van der Waals surface area contributed by atoms with Gasteiger partial charge in [0.2, 0.25) is 0 Å². The Morgan fingerprint density at radius 1 is 1.00 bits per heavy atom. The number of carbonyl (C=O) groups is 1. The number of hydrogen-bond donors (Lipinski definition) is 1. The second-order valence-electron chi connectivity index (χ2n) is 8.59. The van der Waals surface area contributed by atoms with Gasteiger partial charge in [-0.15, -0.1) is 0 Å². The van der Waals surface area contributed by atoms with Crippen LogP contribution in [0.3, 0.4) is 0 Å². The van der Waals surface area contributed by atoms with Gasteiger partial charge < -0.3 is 14.5 Å². The number of rotatable bonds is 5. The van der Waals surface area contributed by atoms with Gasteiger partial charge in [0.15, 0.2) is 23.0 Å². The Morgan fingerprint density at radius 2 is 1.86 bits per heavy atom. The van der Waals surface area contributed by atoms with Gasteiger partial charge in [-0.25, -0.2) is 14.1 Å². The normalized spacial score (nSPS) is 12.9. The highest BCUT2D eigenvalue weighted by Crippen LogP contribution is 2.29. The van der Waals surface area contributed by atoms with Crippen LogP contribution in [0, 0.1) is 5.82 Å². The lowest BCUT2D eigenvalue weighted by atomic mass is 10.1. The van der Waals surface area contributed by atoms with E-state index in [0.717, 1.165) is 12.8 Å². The first-order valence-corrected chi connectivity index (χ1v) is 11.7. The van der Waals surface area contributed by atoms with Crippen LogP contribution >= 0.6 is 0 Å². The number of hydrogen-bond acceptors (Lipinski definition) is 4. The number of benzene rings is 2. The predicted molar refractivity (Wildman–Crippen MR) is 133 cm³/mol. The number of nitrogens with one attached hydrogen (secondary N) is 1. The molecule has 4 heterocycles. The number of aromatic nitrogens is 4. The largest absolute Gasteiger partial charge is 0.450 e. The molecule has 0 atom stereocenters. The highest BCUT2D eigenvalue weighted by molar-refractivity contribution is 6.05. The Labute approximate surface area is 205 Å². The summed E-state index contributed by atoms with van der Waals surface area (Å²) in [6.45, 7) is 0.649. The Bertz CT molecular complexity index is 1650. The third kappa shape index (κ3) is 3.74.